The van der Waals surface area contributed by atoms with Gasteiger partial charge in [-0.25, -0.2) is 0 Å². The first kappa shape index (κ1) is 12.8. The number of nitrogens with zero attached hydrogens (tertiary/aromatic N) is 3. The van der Waals surface area contributed by atoms with Crippen molar-refractivity contribution < 1.29 is 4.79 Å². The van der Waals surface area contributed by atoms with Gasteiger partial charge in [0.25, 0.3) is 5.91 Å². The van der Waals surface area contributed by atoms with Gasteiger partial charge in [-0.3, -0.25) is 4.79 Å². The highest BCUT2D eigenvalue weighted by molar-refractivity contribution is 6.53. The van der Waals surface area contributed by atoms with E-state index >= 15 is 0 Å². The molecular weight excluding hydrogens is 264 g/mol. The number of hydrogen-bond donors (Lipinski definition) is 1. The number of nitriles is 1. The molecule has 1 aliphatic rings. The Bertz CT molecular complexity index is 798. The van der Waals surface area contributed by atoms with E-state index in [0.717, 1.165) is 16.8 Å². The molecule has 2 aromatic carbocycles. The molecule has 0 unspecified atom stereocenters. The normalized spacial score (nSPS) is 15.0. The van der Waals surface area contributed by atoms with Crippen molar-refractivity contribution in [3.05, 3.63) is 65.2 Å². The number of anilines is 1. The molecule has 1 N–H and O–H groups in total. The average molecular weight is 274 g/mol. The molecule has 21 heavy (non-hydrogen) atoms. The quantitative estimate of drug-likeness (QED) is 0.674. The van der Waals surface area contributed by atoms with Gasteiger partial charge in [-0.05, 0) is 23.8 Å². The van der Waals surface area contributed by atoms with Crippen LogP contribution in [0, 0.1) is 11.3 Å². The number of carbonyl (C=O) groups is 1. The lowest BCUT2D eigenvalue weighted by atomic mass is 10.1. The highest BCUT2D eigenvalue weighted by Crippen LogP contribution is 2.22. The number of benzene rings is 2. The molecule has 0 fully saturated rings. The predicted octanol–water partition coefficient (Wildman–Crippen LogP) is 2.33. The van der Waals surface area contributed by atoms with Gasteiger partial charge in [-0.1, -0.05) is 30.3 Å². The molecule has 1 heterocycles. The molecular formula is C16H10N4O. The van der Waals surface area contributed by atoms with E-state index in [1.54, 1.807) is 30.5 Å². The lowest BCUT2D eigenvalue weighted by Gasteiger charge is -1.94. The van der Waals surface area contributed by atoms with Crippen molar-refractivity contribution >= 4 is 23.5 Å². The van der Waals surface area contributed by atoms with Gasteiger partial charge >= 0.3 is 0 Å². The predicted molar refractivity (Wildman–Crippen MR) is 80.4 cm³/mol. The number of para-hydroxylation sites is 1. The molecule has 3 rings (SSSR count). The third-order valence-corrected chi connectivity index (χ3v) is 3.05. The number of hydrogen-bond acceptors (Lipinski definition) is 4. The molecule has 2 aromatic rings. The van der Waals surface area contributed by atoms with Crippen LogP contribution in [0.3, 0.4) is 0 Å². The van der Waals surface area contributed by atoms with Gasteiger partial charge in [0, 0.05) is 5.56 Å². The zero-order valence-electron chi connectivity index (χ0n) is 10.9. The lowest BCUT2D eigenvalue weighted by molar-refractivity contribution is -0.110. The second-order valence-electron chi connectivity index (χ2n) is 4.43. The summed E-state index contributed by atoms with van der Waals surface area (Å²) in [5.41, 5.74) is 3.19. The van der Waals surface area contributed by atoms with Gasteiger partial charge in [0.1, 0.15) is 0 Å². The van der Waals surface area contributed by atoms with Gasteiger partial charge < -0.3 is 5.32 Å². The summed E-state index contributed by atoms with van der Waals surface area (Å²) in [5.74, 6) is -0.256. The fourth-order valence-corrected chi connectivity index (χ4v) is 2.00. The monoisotopic (exact) mass is 274 g/mol. The number of carbonyl (C=O) groups excluding carboxylic acids is 1. The summed E-state index contributed by atoms with van der Waals surface area (Å²) in [6.45, 7) is 0. The van der Waals surface area contributed by atoms with Crippen molar-refractivity contribution in [3.8, 4) is 6.07 Å². The molecule has 0 saturated heterocycles. The largest absolute Gasteiger partial charge is 0.320 e. The molecule has 0 radical (unpaired) electrons. The minimum Gasteiger partial charge on any atom is -0.320 e. The third-order valence-electron chi connectivity index (χ3n) is 3.05. The van der Waals surface area contributed by atoms with E-state index in [9.17, 15) is 4.79 Å². The standard InChI is InChI=1S/C16H10N4O/c17-9-11-5-7-12(8-6-11)10-18-20-15-13-3-1-2-4-14(13)19-16(15)21/h1-8,10H,(H,19,20,21)/b18-10-. The highest BCUT2D eigenvalue weighted by atomic mass is 16.2. The second kappa shape index (κ2) is 5.39. The first-order valence-corrected chi connectivity index (χ1v) is 6.30. The Labute approximate surface area is 121 Å². The molecule has 0 atom stereocenters. The number of nitrogens with one attached hydrogen (secondary N) is 1. The van der Waals surface area contributed by atoms with Crippen LogP contribution in [0.25, 0.3) is 0 Å². The Morgan fingerprint density at radius 2 is 1.86 bits per heavy atom. The van der Waals surface area contributed by atoms with E-state index in [4.69, 9.17) is 5.26 Å². The summed E-state index contributed by atoms with van der Waals surface area (Å²) in [5, 5.41) is 19.4. The molecule has 0 aliphatic carbocycles. The summed E-state index contributed by atoms with van der Waals surface area (Å²) < 4.78 is 0. The maximum absolute atomic E-state index is 11.8. The van der Waals surface area contributed by atoms with Gasteiger partial charge in [-0.2, -0.15) is 10.4 Å². The van der Waals surface area contributed by atoms with Crippen molar-refractivity contribution in [2.75, 3.05) is 5.32 Å². The smallest absolute Gasteiger partial charge is 0.276 e. The molecule has 0 bridgehead atoms. The Kier molecular flexibility index (Phi) is 3.27. The fourth-order valence-electron chi connectivity index (χ4n) is 2.00. The minimum atomic E-state index is -0.256. The lowest BCUT2D eigenvalue weighted by Crippen LogP contribution is -2.13. The van der Waals surface area contributed by atoms with E-state index in [2.05, 4.69) is 15.5 Å². The average Bonchev–Trinajstić information content (AvgIpc) is 2.84. The van der Waals surface area contributed by atoms with Crippen LogP contribution >= 0.6 is 0 Å². The highest BCUT2D eigenvalue weighted by Gasteiger charge is 2.25. The number of fused-ring (bicyclic) bond motifs is 1. The fraction of sp³-hybridized carbons (Fsp3) is 0. The molecule has 0 aromatic heterocycles. The van der Waals surface area contributed by atoms with Crippen molar-refractivity contribution in [2.45, 2.75) is 0 Å². The van der Waals surface area contributed by atoms with E-state index in [-0.39, 0.29) is 5.91 Å². The molecule has 1 amide bonds. The van der Waals surface area contributed by atoms with Crippen LogP contribution in [0.5, 0.6) is 0 Å². The topological polar surface area (TPSA) is 77.6 Å². The van der Waals surface area contributed by atoms with Gasteiger partial charge in [0.15, 0.2) is 5.71 Å². The van der Waals surface area contributed by atoms with Gasteiger partial charge in [-0.15, -0.1) is 5.10 Å². The van der Waals surface area contributed by atoms with Gasteiger partial charge in [0.05, 0.1) is 23.5 Å². The van der Waals surface area contributed by atoms with Crippen molar-refractivity contribution in [1.82, 2.24) is 0 Å². The molecule has 5 nitrogen and oxygen atoms in total. The van der Waals surface area contributed by atoms with E-state index in [0.29, 0.717) is 11.3 Å². The maximum atomic E-state index is 11.8. The first-order valence-electron chi connectivity index (χ1n) is 6.30. The molecule has 5 heteroatoms. The summed E-state index contributed by atoms with van der Waals surface area (Å²) in [6.07, 6.45) is 1.54. The first-order chi connectivity index (χ1) is 10.3. The SMILES string of the molecule is N#Cc1ccc(/C=N\N=C2/C(=O)Nc3ccccc32)cc1. The number of rotatable bonds is 2. The Balaban J connectivity index is 1.84. The molecule has 0 spiro atoms. The van der Waals surface area contributed by atoms with Crippen LogP contribution in [-0.4, -0.2) is 17.8 Å². The summed E-state index contributed by atoms with van der Waals surface area (Å²) in [6, 6.07) is 16.3. The van der Waals surface area contributed by atoms with Crippen LogP contribution in [0.1, 0.15) is 16.7 Å². The van der Waals surface area contributed by atoms with E-state index in [1.165, 1.54) is 0 Å². The number of amides is 1. The van der Waals surface area contributed by atoms with Crippen LogP contribution < -0.4 is 5.32 Å². The molecule has 0 saturated carbocycles. The summed E-state index contributed by atoms with van der Waals surface area (Å²) in [4.78, 5) is 11.8. The van der Waals surface area contributed by atoms with Gasteiger partial charge in [0.2, 0.25) is 0 Å². The second-order valence-corrected chi connectivity index (χ2v) is 4.43. The van der Waals surface area contributed by atoms with Crippen molar-refractivity contribution in [2.24, 2.45) is 10.2 Å². The zero-order valence-corrected chi connectivity index (χ0v) is 10.9. The zero-order chi connectivity index (χ0) is 14.7. The summed E-state index contributed by atoms with van der Waals surface area (Å²) >= 11 is 0. The van der Waals surface area contributed by atoms with Crippen molar-refractivity contribution in [1.29, 1.82) is 5.26 Å². The maximum Gasteiger partial charge on any atom is 0.276 e. The summed E-state index contributed by atoms with van der Waals surface area (Å²) in [7, 11) is 0. The Hall–Kier alpha value is -3.26. The molecule has 100 valence electrons. The van der Waals surface area contributed by atoms with Crippen LogP contribution in [0.2, 0.25) is 0 Å². The Morgan fingerprint density at radius 1 is 1.10 bits per heavy atom. The third kappa shape index (κ3) is 2.55. The minimum absolute atomic E-state index is 0.256. The van der Waals surface area contributed by atoms with E-state index < -0.39 is 0 Å². The molecule has 1 aliphatic heterocycles. The Morgan fingerprint density at radius 3 is 2.62 bits per heavy atom. The van der Waals surface area contributed by atoms with Crippen LogP contribution in [0.4, 0.5) is 5.69 Å². The van der Waals surface area contributed by atoms with Crippen LogP contribution in [-0.2, 0) is 4.79 Å². The van der Waals surface area contributed by atoms with Crippen molar-refractivity contribution in [3.63, 3.8) is 0 Å². The van der Waals surface area contributed by atoms with Crippen LogP contribution in [0.15, 0.2) is 58.7 Å². The van der Waals surface area contributed by atoms with E-state index in [1.807, 2.05) is 30.3 Å².